The molecule has 1 aromatic carbocycles. The van der Waals surface area contributed by atoms with Gasteiger partial charge in [0.1, 0.15) is 12.4 Å². The molecule has 26 heavy (non-hydrogen) atoms. The van der Waals surface area contributed by atoms with Gasteiger partial charge in [0, 0.05) is 37.6 Å². The molecule has 0 N–H and O–H groups in total. The van der Waals surface area contributed by atoms with Crippen LogP contribution in [0.25, 0.3) is 0 Å². The van der Waals surface area contributed by atoms with Crippen molar-refractivity contribution in [1.82, 2.24) is 14.8 Å². The summed E-state index contributed by atoms with van der Waals surface area (Å²) in [5.74, 6) is -0.646. The largest absolute Gasteiger partial charge is 0.364 e. The molecular weight excluding hydrogens is 337 g/mol. The Balaban J connectivity index is 1.51. The van der Waals surface area contributed by atoms with Crippen LogP contribution in [0.2, 0.25) is 0 Å². The molecule has 0 aliphatic carbocycles. The SMILES string of the molecule is O=C(c1ccc(F)cc1)N1C[C@@H]2OCC(=O)N(Cc3ccncc3)[C@@H]2C1. The van der Waals surface area contributed by atoms with Crippen LogP contribution in [0, 0.1) is 5.82 Å². The molecule has 2 amide bonds. The maximum Gasteiger partial charge on any atom is 0.254 e. The molecule has 0 unspecified atom stereocenters. The Kier molecular flexibility index (Phi) is 4.38. The van der Waals surface area contributed by atoms with E-state index in [4.69, 9.17) is 4.74 Å². The number of nitrogens with zero attached hydrogens (tertiary/aromatic N) is 3. The van der Waals surface area contributed by atoms with E-state index >= 15 is 0 Å². The maximum absolute atomic E-state index is 13.1. The normalized spacial score (nSPS) is 22.4. The highest BCUT2D eigenvalue weighted by atomic mass is 19.1. The van der Waals surface area contributed by atoms with Gasteiger partial charge in [0.2, 0.25) is 5.91 Å². The zero-order chi connectivity index (χ0) is 18.1. The predicted octanol–water partition coefficient (Wildman–Crippen LogP) is 1.47. The van der Waals surface area contributed by atoms with Gasteiger partial charge in [-0.25, -0.2) is 4.39 Å². The molecule has 3 heterocycles. The van der Waals surface area contributed by atoms with Crippen LogP contribution in [0.5, 0.6) is 0 Å². The zero-order valence-electron chi connectivity index (χ0n) is 14.0. The number of rotatable bonds is 3. The van der Waals surface area contributed by atoms with Crippen LogP contribution < -0.4 is 0 Å². The zero-order valence-corrected chi connectivity index (χ0v) is 14.0. The van der Waals surface area contributed by atoms with Crippen LogP contribution in [-0.4, -0.2) is 58.4 Å². The Hall–Kier alpha value is -2.80. The minimum Gasteiger partial charge on any atom is -0.364 e. The summed E-state index contributed by atoms with van der Waals surface area (Å²) in [6.07, 6.45) is 3.17. The van der Waals surface area contributed by atoms with Gasteiger partial charge in [-0.3, -0.25) is 14.6 Å². The molecule has 0 spiro atoms. The van der Waals surface area contributed by atoms with Crippen LogP contribution >= 0.6 is 0 Å². The van der Waals surface area contributed by atoms with E-state index in [1.54, 1.807) is 22.2 Å². The molecule has 0 bridgehead atoms. The lowest BCUT2D eigenvalue weighted by atomic mass is 10.1. The number of fused-ring (bicyclic) bond motifs is 1. The van der Waals surface area contributed by atoms with Gasteiger partial charge in [-0.2, -0.15) is 0 Å². The molecule has 134 valence electrons. The Labute approximate surface area is 150 Å². The first-order valence-corrected chi connectivity index (χ1v) is 8.46. The number of carbonyl (C=O) groups excluding carboxylic acids is 2. The van der Waals surface area contributed by atoms with Crippen molar-refractivity contribution < 1.29 is 18.7 Å². The van der Waals surface area contributed by atoms with Gasteiger partial charge in [-0.05, 0) is 42.0 Å². The number of benzene rings is 1. The fourth-order valence-electron chi connectivity index (χ4n) is 3.50. The molecule has 2 aromatic rings. The summed E-state index contributed by atoms with van der Waals surface area (Å²) in [6, 6.07) is 9.04. The standard InChI is InChI=1S/C19H18FN3O3/c20-15-3-1-14(2-4-15)19(25)22-10-16-17(11-22)26-12-18(24)23(16)9-13-5-7-21-8-6-13/h1-8,16-17H,9-12H2/t16-,17+/m1/s1. The van der Waals surface area contributed by atoms with Gasteiger partial charge in [-0.15, -0.1) is 0 Å². The van der Waals surface area contributed by atoms with Crippen molar-refractivity contribution in [1.29, 1.82) is 0 Å². The van der Waals surface area contributed by atoms with Crippen LogP contribution in [0.15, 0.2) is 48.8 Å². The van der Waals surface area contributed by atoms with E-state index in [1.165, 1.54) is 24.3 Å². The molecule has 0 saturated carbocycles. The van der Waals surface area contributed by atoms with Gasteiger partial charge in [-0.1, -0.05) is 0 Å². The number of carbonyl (C=O) groups is 2. The van der Waals surface area contributed by atoms with Crippen molar-refractivity contribution in [2.24, 2.45) is 0 Å². The molecule has 6 nitrogen and oxygen atoms in total. The number of morpholine rings is 1. The molecule has 1 aromatic heterocycles. The van der Waals surface area contributed by atoms with E-state index in [0.717, 1.165) is 5.56 Å². The van der Waals surface area contributed by atoms with Gasteiger partial charge >= 0.3 is 0 Å². The topological polar surface area (TPSA) is 62.7 Å². The van der Waals surface area contributed by atoms with E-state index in [-0.39, 0.29) is 36.4 Å². The van der Waals surface area contributed by atoms with E-state index < -0.39 is 0 Å². The second-order valence-electron chi connectivity index (χ2n) is 6.51. The molecule has 4 rings (SSSR count). The average Bonchev–Trinajstić information content (AvgIpc) is 3.10. The van der Waals surface area contributed by atoms with Gasteiger partial charge < -0.3 is 14.5 Å². The number of hydrogen-bond acceptors (Lipinski definition) is 4. The lowest BCUT2D eigenvalue weighted by Gasteiger charge is -2.36. The number of ether oxygens (including phenoxy) is 1. The lowest BCUT2D eigenvalue weighted by Crippen LogP contribution is -2.53. The van der Waals surface area contributed by atoms with Crippen LogP contribution in [0.4, 0.5) is 4.39 Å². The van der Waals surface area contributed by atoms with Crippen molar-refractivity contribution in [2.75, 3.05) is 19.7 Å². The smallest absolute Gasteiger partial charge is 0.254 e. The fraction of sp³-hybridized carbons (Fsp3) is 0.316. The van der Waals surface area contributed by atoms with Crippen molar-refractivity contribution in [3.05, 3.63) is 65.7 Å². The minimum absolute atomic E-state index is 0.0187. The van der Waals surface area contributed by atoms with Crippen molar-refractivity contribution in [3.63, 3.8) is 0 Å². The molecular formula is C19H18FN3O3. The monoisotopic (exact) mass is 355 g/mol. The number of likely N-dealkylation sites (tertiary alicyclic amines) is 1. The summed E-state index contributed by atoms with van der Waals surface area (Å²) in [7, 11) is 0. The van der Waals surface area contributed by atoms with Crippen molar-refractivity contribution >= 4 is 11.8 Å². The Bertz CT molecular complexity index is 813. The molecule has 2 fully saturated rings. The van der Waals surface area contributed by atoms with E-state index in [2.05, 4.69) is 4.98 Å². The first-order chi connectivity index (χ1) is 12.6. The fourth-order valence-corrected chi connectivity index (χ4v) is 3.50. The number of aromatic nitrogens is 1. The molecule has 2 aliphatic heterocycles. The first kappa shape index (κ1) is 16.7. The third-order valence-electron chi connectivity index (χ3n) is 4.86. The molecule has 2 atom stereocenters. The summed E-state index contributed by atoms with van der Waals surface area (Å²) < 4.78 is 18.7. The molecule has 2 saturated heterocycles. The maximum atomic E-state index is 13.1. The average molecular weight is 355 g/mol. The highest BCUT2D eigenvalue weighted by Crippen LogP contribution is 2.26. The first-order valence-electron chi connectivity index (χ1n) is 8.46. The lowest BCUT2D eigenvalue weighted by molar-refractivity contribution is -0.153. The molecule has 7 heteroatoms. The summed E-state index contributed by atoms with van der Waals surface area (Å²) in [5.41, 5.74) is 1.41. The van der Waals surface area contributed by atoms with Gasteiger partial charge in [0.25, 0.3) is 5.91 Å². The summed E-state index contributed by atoms with van der Waals surface area (Å²) >= 11 is 0. The van der Waals surface area contributed by atoms with Gasteiger partial charge in [0.05, 0.1) is 12.1 Å². The Morgan fingerprint density at radius 3 is 2.62 bits per heavy atom. The highest BCUT2D eigenvalue weighted by Gasteiger charge is 2.44. The van der Waals surface area contributed by atoms with E-state index in [1.807, 2.05) is 12.1 Å². The van der Waals surface area contributed by atoms with E-state index in [0.29, 0.717) is 25.2 Å². The quantitative estimate of drug-likeness (QED) is 0.837. The Morgan fingerprint density at radius 1 is 1.15 bits per heavy atom. The van der Waals surface area contributed by atoms with Crippen molar-refractivity contribution in [3.8, 4) is 0 Å². The summed E-state index contributed by atoms with van der Waals surface area (Å²) in [4.78, 5) is 32.5. The van der Waals surface area contributed by atoms with Crippen LogP contribution in [0.3, 0.4) is 0 Å². The second kappa shape index (κ2) is 6.84. The third kappa shape index (κ3) is 3.17. The predicted molar refractivity (Wildman–Crippen MR) is 90.6 cm³/mol. The number of hydrogen-bond donors (Lipinski definition) is 0. The van der Waals surface area contributed by atoms with Crippen molar-refractivity contribution in [2.45, 2.75) is 18.7 Å². The molecule has 0 radical (unpaired) electrons. The molecule has 2 aliphatic rings. The van der Waals surface area contributed by atoms with Crippen LogP contribution in [0.1, 0.15) is 15.9 Å². The third-order valence-corrected chi connectivity index (χ3v) is 4.86. The summed E-state index contributed by atoms with van der Waals surface area (Å²) in [5, 5.41) is 0. The van der Waals surface area contributed by atoms with Gasteiger partial charge in [0.15, 0.2) is 0 Å². The number of amides is 2. The second-order valence-corrected chi connectivity index (χ2v) is 6.51. The number of pyridine rings is 1. The minimum atomic E-state index is -0.380. The number of halogens is 1. The van der Waals surface area contributed by atoms with E-state index in [9.17, 15) is 14.0 Å². The highest BCUT2D eigenvalue weighted by molar-refractivity contribution is 5.94. The summed E-state index contributed by atoms with van der Waals surface area (Å²) in [6.45, 7) is 1.30. The van der Waals surface area contributed by atoms with Crippen LogP contribution in [-0.2, 0) is 16.1 Å². The Morgan fingerprint density at radius 2 is 1.88 bits per heavy atom.